The third-order valence-electron chi connectivity index (χ3n) is 6.58. The van der Waals surface area contributed by atoms with Gasteiger partial charge in [0.05, 0.1) is 29.9 Å². The van der Waals surface area contributed by atoms with Crippen molar-refractivity contribution in [2.75, 3.05) is 19.6 Å². The summed E-state index contributed by atoms with van der Waals surface area (Å²) in [6.07, 6.45) is 9.34. The number of urea groups is 1. The van der Waals surface area contributed by atoms with Gasteiger partial charge in [0.25, 0.3) is 0 Å². The van der Waals surface area contributed by atoms with Crippen LogP contribution in [-0.4, -0.2) is 55.3 Å². The first kappa shape index (κ1) is 18.6. The fraction of sp³-hybridized carbons (Fsp3) is 0.476. The first-order valence-corrected chi connectivity index (χ1v) is 10.4. The lowest BCUT2D eigenvalue weighted by atomic mass is 9.92. The Labute approximate surface area is 174 Å². The Morgan fingerprint density at radius 2 is 2.17 bits per heavy atom. The highest BCUT2D eigenvalue weighted by Crippen LogP contribution is 2.49. The summed E-state index contributed by atoms with van der Waals surface area (Å²) >= 11 is 0. The van der Waals surface area contributed by atoms with Crippen molar-refractivity contribution in [3.05, 3.63) is 31.0 Å². The third kappa shape index (κ3) is 2.91. The lowest BCUT2D eigenvalue weighted by Gasteiger charge is -2.29. The van der Waals surface area contributed by atoms with Gasteiger partial charge in [-0.05, 0) is 37.7 Å². The van der Waals surface area contributed by atoms with Crippen LogP contribution in [0.3, 0.4) is 0 Å². The third-order valence-corrected chi connectivity index (χ3v) is 6.58. The topological polar surface area (TPSA) is 116 Å². The van der Waals surface area contributed by atoms with Gasteiger partial charge in [-0.2, -0.15) is 10.4 Å². The van der Waals surface area contributed by atoms with Gasteiger partial charge < -0.3 is 15.2 Å². The molecule has 0 bridgehead atoms. The standard InChI is InChI=1S/C21H24N8O/c1-2-23-20(30)28-10-14-7-21(4-5-22,8-15(14)11-28)29-12-16(9-27-29)18-17-3-6-24-19(17)26-13-25-18/h3,6,9,12-15H,2,4,7-8,10-11H2,1H3,(H,23,30)(H,24,25,26)/t14-,15+,21+. The van der Waals surface area contributed by atoms with E-state index in [1.165, 1.54) is 0 Å². The fourth-order valence-electron chi connectivity index (χ4n) is 5.26. The molecule has 0 spiro atoms. The number of nitriles is 1. The predicted octanol–water partition coefficient (Wildman–Crippen LogP) is 2.50. The zero-order valence-electron chi connectivity index (χ0n) is 16.9. The summed E-state index contributed by atoms with van der Waals surface area (Å²) in [6.45, 7) is 4.05. The Morgan fingerprint density at radius 3 is 2.90 bits per heavy atom. The van der Waals surface area contributed by atoms with E-state index in [1.807, 2.05) is 41.2 Å². The average Bonchev–Trinajstić information content (AvgIpc) is 3.50. The van der Waals surface area contributed by atoms with Crippen LogP contribution in [0.1, 0.15) is 26.2 Å². The molecule has 2 N–H and O–H groups in total. The van der Waals surface area contributed by atoms with Crippen LogP contribution in [-0.2, 0) is 5.54 Å². The zero-order valence-corrected chi connectivity index (χ0v) is 16.9. The largest absolute Gasteiger partial charge is 0.346 e. The Balaban J connectivity index is 1.42. The van der Waals surface area contributed by atoms with E-state index in [0.717, 1.165) is 48.2 Å². The molecular formula is C21H24N8O. The average molecular weight is 404 g/mol. The molecule has 3 aromatic heterocycles. The Morgan fingerprint density at radius 1 is 1.37 bits per heavy atom. The molecule has 4 heterocycles. The number of carbonyl (C=O) groups is 1. The first-order valence-electron chi connectivity index (χ1n) is 10.4. The van der Waals surface area contributed by atoms with Crippen molar-refractivity contribution in [1.82, 2.24) is 34.9 Å². The minimum Gasteiger partial charge on any atom is -0.346 e. The molecule has 3 aromatic rings. The second kappa shape index (κ2) is 7.13. The zero-order chi connectivity index (χ0) is 20.7. The molecule has 0 radical (unpaired) electrons. The molecule has 5 rings (SSSR count). The molecule has 2 amide bonds. The molecule has 1 saturated carbocycles. The lowest BCUT2D eigenvalue weighted by Crippen LogP contribution is -2.40. The number of rotatable bonds is 4. The van der Waals surface area contributed by atoms with Crippen LogP contribution in [0.25, 0.3) is 22.3 Å². The summed E-state index contributed by atoms with van der Waals surface area (Å²) in [5, 5.41) is 18.1. The summed E-state index contributed by atoms with van der Waals surface area (Å²) in [5.74, 6) is 0.785. The maximum Gasteiger partial charge on any atom is 0.317 e. The summed E-state index contributed by atoms with van der Waals surface area (Å²) < 4.78 is 1.97. The Kier molecular flexibility index (Phi) is 4.42. The van der Waals surface area contributed by atoms with Gasteiger partial charge in [0.15, 0.2) is 0 Å². The normalized spacial score (nSPS) is 25.4. The van der Waals surface area contributed by atoms with Gasteiger partial charge >= 0.3 is 6.03 Å². The molecule has 2 aliphatic rings. The van der Waals surface area contributed by atoms with E-state index in [4.69, 9.17) is 0 Å². The van der Waals surface area contributed by atoms with Crippen molar-refractivity contribution in [2.24, 2.45) is 11.8 Å². The molecule has 9 nitrogen and oxygen atoms in total. The molecule has 1 aliphatic heterocycles. The van der Waals surface area contributed by atoms with E-state index in [1.54, 1.807) is 6.33 Å². The first-order chi connectivity index (χ1) is 14.6. The van der Waals surface area contributed by atoms with Crippen LogP contribution in [0.5, 0.6) is 0 Å². The van der Waals surface area contributed by atoms with Crippen molar-refractivity contribution in [3.63, 3.8) is 0 Å². The van der Waals surface area contributed by atoms with Gasteiger partial charge in [-0.1, -0.05) is 0 Å². The molecule has 2 fully saturated rings. The van der Waals surface area contributed by atoms with Crippen molar-refractivity contribution in [1.29, 1.82) is 5.26 Å². The van der Waals surface area contributed by atoms with E-state index in [0.29, 0.717) is 24.8 Å². The quantitative estimate of drug-likeness (QED) is 0.693. The van der Waals surface area contributed by atoms with Gasteiger partial charge in [-0.15, -0.1) is 0 Å². The maximum atomic E-state index is 12.2. The van der Waals surface area contributed by atoms with Crippen LogP contribution in [0.4, 0.5) is 4.79 Å². The van der Waals surface area contributed by atoms with E-state index < -0.39 is 0 Å². The van der Waals surface area contributed by atoms with Gasteiger partial charge in [0.1, 0.15) is 12.0 Å². The van der Waals surface area contributed by atoms with E-state index in [-0.39, 0.29) is 11.6 Å². The number of hydrogen-bond donors (Lipinski definition) is 2. The SMILES string of the molecule is CCNC(=O)N1C[C@@H]2C[C@@](CC#N)(n3cc(-c4ncnc5[nH]ccc45)cn3)C[C@@H]2C1. The number of likely N-dealkylation sites (tertiary alicyclic amines) is 1. The molecule has 154 valence electrons. The molecule has 0 aromatic carbocycles. The van der Waals surface area contributed by atoms with E-state index >= 15 is 0 Å². The molecule has 30 heavy (non-hydrogen) atoms. The Hall–Kier alpha value is -3.41. The number of nitrogens with zero attached hydrogens (tertiary/aromatic N) is 6. The Bertz CT molecular complexity index is 1110. The number of aromatic nitrogens is 5. The highest BCUT2D eigenvalue weighted by molar-refractivity contribution is 5.90. The molecule has 3 atom stereocenters. The van der Waals surface area contributed by atoms with Gasteiger partial charge in [-0.25, -0.2) is 14.8 Å². The molecule has 1 saturated heterocycles. The van der Waals surface area contributed by atoms with Crippen LogP contribution < -0.4 is 5.32 Å². The molecular weight excluding hydrogens is 380 g/mol. The van der Waals surface area contributed by atoms with Crippen molar-refractivity contribution in [2.45, 2.75) is 31.7 Å². The number of aromatic amines is 1. The van der Waals surface area contributed by atoms with Gasteiger partial charge in [-0.3, -0.25) is 4.68 Å². The highest BCUT2D eigenvalue weighted by atomic mass is 16.2. The summed E-state index contributed by atoms with van der Waals surface area (Å²) in [5.41, 5.74) is 2.21. The monoisotopic (exact) mass is 404 g/mol. The van der Waals surface area contributed by atoms with E-state index in [2.05, 4.69) is 31.4 Å². The minimum absolute atomic E-state index is 0.0124. The van der Waals surface area contributed by atoms with Crippen molar-refractivity contribution >= 4 is 17.1 Å². The summed E-state index contributed by atoms with van der Waals surface area (Å²) in [4.78, 5) is 25.9. The van der Waals surface area contributed by atoms with Crippen LogP contribution in [0.2, 0.25) is 0 Å². The second-order valence-electron chi connectivity index (χ2n) is 8.36. The number of H-pyrrole nitrogens is 1. The molecule has 0 unspecified atom stereocenters. The second-order valence-corrected chi connectivity index (χ2v) is 8.36. The van der Waals surface area contributed by atoms with Crippen LogP contribution >= 0.6 is 0 Å². The highest BCUT2D eigenvalue weighted by Gasteiger charge is 2.51. The predicted molar refractivity (Wildman–Crippen MR) is 110 cm³/mol. The van der Waals surface area contributed by atoms with Gasteiger partial charge in [0, 0.05) is 43.0 Å². The summed E-state index contributed by atoms with van der Waals surface area (Å²) in [7, 11) is 0. The van der Waals surface area contributed by atoms with Gasteiger partial charge in [0.2, 0.25) is 0 Å². The fourth-order valence-corrected chi connectivity index (χ4v) is 5.26. The van der Waals surface area contributed by atoms with Crippen LogP contribution in [0, 0.1) is 23.2 Å². The smallest absolute Gasteiger partial charge is 0.317 e. The summed E-state index contributed by atoms with van der Waals surface area (Å²) in [6, 6.07) is 4.36. The number of hydrogen-bond acceptors (Lipinski definition) is 5. The number of fused-ring (bicyclic) bond motifs is 2. The van der Waals surface area contributed by atoms with E-state index in [9.17, 15) is 10.1 Å². The minimum atomic E-state index is -0.333. The molecule has 1 aliphatic carbocycles. The molecule has 9 heteroatoms. The maximum absolute atomic E-state index is 12.2. The lowest BCUT2D eigenvalue weighted by molar-refractivity contribution is 0.193. The van der Waals surface area contributed by atoms with Crippen molar-refractivity contribution in [3.8, 4) is 17.3 Å². The number of amides is 2. The number of nitrogens with one attached hydrogen (secondary N) is 2. The number of carbonyl (C=O) groups excluding carboxylic acids is 1. The van der Waals surface area contributed by atoms with Crippen LogP contribution in [0.15, 0.2) is 31.0 Å². The van der Waals surface area contributed by atoms with Crippen molar-refractivity contribution < 1.29 is 4.79 Å².